The lowest BCUT2D eigenvalue weighted by Crippen LogP contribution is -2.31. The van der Waals surface area contributed by atoms with Gasteiger partial charge in [0.15, 0.2) is 5.79 Å². The van der Waals surface area contributed by atoms with Crippen LogP contribution in [0.4, 0.5) is 0 Å². The van der Waals surface area contributed by atoms with E-state index in [1.54, 1.807) is 25.6 Å². The Morgan fingerprint density at radius 2 is 2.20 bits per heavy atom. The summed E-state index contributed by atoms with van der Waals surface area (Å²) in [6, 6.07) is 10.2. The lowest BCUT2D eigenvalue weighted by molar-refractivity contribution is -0.178. The largest absolute Gasteiger partial charge is 0.466 e. The summed E-state index contributed by atoms with van der Waals surface area (Å²) < 4.78 is 16.4. The minimum atomic E-state index is -0.853. The maximum Gasteiger partial charge on any atom is 0.311 e. The summed E-state index contributed by atoms with van der Waals surface area (Å²) in [5.41, 5.74) is 0. The summed E-state index contributed by atoms with van der Waals surface area (Å²) in [7, 11) is 0. The molecule has 0 radical (unpaired) electrons. The van der Waals surface area contributed by atoms with E-state index < -0.39 is 5.79 Å². The molecule has 2 rings (SSSR count). The summed E-state index contributed by atoms with van der Waals surface area (Å²) in [6.45, 7) is 4.46. The van der Waals surface area contributed by atoms with Crippen LogP contribution in [-0.2, 0) is 19.0 Å². The molecule has 4 nitrogen and oxygen atoms in total. The normalized spacial score (nSPS) is 25.6. The second-order valence-corrected chi connectivity index (χ2v) is 5.88. The van der Waals surface area contributed by atoms with Gasteiger partial charge in [0, 0.05) is 10.6 Å². The molecule has 1 fully saturated rings. The first-order chi connectivity index (χ1) is 9.61. The number of ether oxygens (including phenoxy) is 3. The molecule has 5 heteroatoms. The molecule has 0 saturated carbocycles. The molecular formula is C15H20O4S. The Balaban J connectivity index is 1.78. The Morgan fingerprint density at radius 1 is 1.45 bits per heavy atom. The van der Waals surface area contributed by atoms with Crippen LogP contribution in [0.15, 0.2) is 35.2 Å². The summed E-state index contributed by atoms with van der Waals surface area (Å²) >= 11 is 1.73. The Kier molecular flexibility index (Phi) is 5.46. The molecule has 110 valence electrons. The van der Waals surface area contributed by atoms with E-state index in [1.807, 2.05) is 18.2 Å². The molecule has 1 aromatic rings. The predicted molar refractivity (Wildman–Crippen MR) is 77.6 cm³/mol. The van der Waals surface area contributed by atoms with Crippen LogP contribution in [0.25, 0.3) is 0 Å². The third-order valence-corrected chi connectivity index (χ3v) is 4.08. The molecule has 0 aliphatic carbocycles. The molecule has 0 bridgehead atoms. The van der Waals surface area contributed by atoms with Crippen molar-refractivity contribution >= 4 is 17.7 Å². The maximum atomic E-state index is 11.5. The number of hydrogen-bond acceptors (Lipinski definition) is 5. The van der Waals surface area contributed by atoms with E-state index in [2.05, 4.69) is 12.1 Å². The van der Waals surface area contributed by atoms with Gasteiger partial charge in [-0.05, 0) is 26.0 Å². The predicted octanol–water partition coefficient (Wildman–Crippen LogP) is 2.86. The highest BCUT2D eigenvalue weighted by Crippen LogP contribution is 2.30. The van der Waals surface area contributed by atoms with E-state index in [9.17, 15) is 4.79 Å². The Labute approximate surface area is 123 Å². The first-order valence-electron chi connectivity index (χ1n) is 6.76. The molecule has 1 aromatic carbocycles. The van der Waals surface area contributed by atoms with E-state index in [-0.39, 0.29) is 18.5 Å². The van der Waals surface area contributed by atoms with Gasteiger partial charge in [0.05, 0.1) is 25.7 Å². The molecular weight excluding hydrogens is 276 g/mol. The number of carbonyl (C=O) groups is 1. The van der Waals surface area contributed by atoms with Crippen molar-refractivity contribution in [1.29, 1.82) is 0 Å². The molecule has 2 unspecified atom stereocenters. The van der Waals surface area contributed by atoms with Crippen molar-refractivity contribution in [2.24, 2.45) is 0 Å². The first kappa shape index (κ1) is 15.4. The third kappa shape index (κ3) is 4.51. The standard InChI is InChI=1S/C15H20O4S/c1-3-17-14(16)9-15(2)18-10-12(19-15)11-20-13-7-5-4-6-8-13/h4-8,12H,3,9-11H2,1-2H3. The fourth-order valence-electron chi connectivity index (χ4n) is 2.04. The first-order valence-corrected chi connectivity index (χ1v) is 7.75. The second-order valence-electron chi connectivity index (χ2n) is 4.79. The van der Waals surface area contributed by atoms with Gasteiger partial charge in [0.2, 0.25) is 0 Å². The van der Waals surface area contributed by atoms with E-state index in [0.29, 0.717) is 13.2 Å². The number of esters is 1. The van der Waals surface area contributed by atoms with Crippen molar-refractivity contribution in [1.82, 2.24) is 0 Å². The van der Waals surface area contributed by atoms with Crippen LogP contribution in [-0.4, -0.2) is 36.8 Å². The van der Waals surface area contributed by atoms with Crippen molar-refractivity contribution in [3.8, 4) is 0 Å². The van der Waals surface area contributed by atoms with E-state index in [1.165, 1.54) is 4.90 Å². The molecule has 1 aliphatic rings. The third-order valence-electron chi connectivity index (χ3n) is 2.94. The average molecular weight is 296 g/mol. The molecule has 1 heterocycles. The molecule has 0 aromatic heterocycles. The maximum absolute atomic E-state index is 11.5. The zero-order valence-corrected chi connectivity index (χ0v) is 12.7. The molecule has 0 N–H and O–H groups in total. The van der Waals surface area contributed by atoms with Gasteiger partial charge in [-0.25, -0.2) is 0 Å². The molecule has 2 atom stereocenters. The molecule has 20 heavy (non-hydrogen) atoms. The van der Waals surface area contributed by atoms with Gasteiger partial charge >= 0.3 is 5.97 Å². The van der Waals surface area contributed by atoms with Crippen LogP contribution in [0, 0.1) is 0 Å². The Morgan fingerprint density at radius 3 is 2.90 bits per heavy atom. The van der Waals surface area contributed by atoms with Crippen LogP contribution in [0.2, 0.25) is 0 Å². The fraction of sp³-hybridized carbons (Fsp3) is 0.533. The van der Waals surface area contributed by atoms with Gasteiger partial charge in [0.25, 0.3) is 0 Å². The number of benzene rings is 1. The van der Waals surface area contributed by atoms with Crippen molar-refractivity contribution in [2.45, 2.75) is 37.1 Å². The van der Waals surface area contributed by atoms with Gasteiger partial charge in [0.1, 0.15) is 0 Å². The Hall–Kier alpha value is -1.04. The van der Waals surface area contributed by atoms with Crippen molar-refractivity contribution in [2.75, 3.05) is 19.0 Å². The number of carbonyl (C=O) groups excluding carboxylic acids is 1. The van der Waals surface area contributed by atoms with E-state index >= 15 is 0 Å². The lowest BCUT2D eigenvalue weighted by Gasteiger charge is -2.22. The molecule has 1 saturated heterocycles. The fourth-order valence-corrected chi connectivity index (χ4v) is 2.94. The topological polar surface area (TPSA) is 44.8 Å². The van der Waals surface area contributed by atoms with Gasteiger partial charge in [-0.1, -0.05) is 18.2 Å². The Bertz CT molecular complexity index is 437. The van der Waals surface area contributed by atoms with Crippen LogP contribution < -0.4 is 0 Å². The van der Waals surface area contributed by atoms with Crippen LogP contribution in [0.3, 0.4) is 0 Å². The van der Waals surface area contributed by atoms with Gasteiger partial charge in [-0.3, -0.25) is 4.79 Å². The van der Waals surface area contributed by atoms with Crippen LogP contribution in [0.1, 0.15) is 20.3 Å². The second kappa shape index (κ2) is 7.11. The highest BCUT2D eigenvalue weighted by molar-refractivity contribution is 7.99. The number of thioether (sulfide) groups is 1. The van der Waals surface area contributed by atoms with Crippen molar-refractivity contribution in [3.63, 3.8) is 0 Å². The molecule has 1 aliphatic heterocycles. The summed E-state index contributed by atoms with van der Waals surface area (Å²) in [5, 5.41) is 0. The highest BCUT2D eigenvalue weighted by Gasteiger charge is 2.39. The summed E-state index contributed by atoms with van der Waals surface area (Å²) in [4.78, 5) is 12.7. The van der Waals surface area contributed by atoms with Crippen LogP contribution >= 0.6 is 11.8 Å². The lowest BCUT2D eigenvalue weighted by atomic mass is 10.2. The summed E-state index contributed by atoms with van der Waals surface area (Å²) in [5.74, 6) is -0.331. The smallest absolute Gasteiger partial charge is 0.311 e. The number of rotatable bonds is 6. The van der Waals surface area contributed by atoms with Gasteiger partial charge in [-0.15, -0.1) is 11.8 Å². The van der Waals surface area contributed by atoms with Crippen molar-refractivity contribution < 1.29 is 19.0 Å². The minimum Gasteiger partial charge on any atom is -0.466 e. The zero-order chi connectivity index (χ0) is 14.4. The van der Waals surface area contributed by atoms with Crippen molar-refractivity contribution in [3.05, 3.63) is 30.3 Å². The SMILES string of the molecule is CCOC(=O)CC1(C)OCC(CSc2ccccc2)O1. The number of hydrogen-bond donors (Lipinski definition) is 0. The quantitative estimate of drug-likeness (QED) is 0.596. The van der Waals surface area contributed by atoms with Gasteiger partial charge in [-0.2, -0.15) is 0 Å². The zero-order valence-electron chi connectivity index (χ0n) is 11.8. The monoisotopic (exact) mass is 296 g/mol. The summed E-state index contributed by atoms with van der Waals surface area (Å²) in [6.07, 6.45) is 0.132. The van der Waals surface area contributed by atoms with Gasteiger partial charge < -0.3 is 14.2 Å². The molecule has 0 amide bonds. The minimum absolute atomic E-state index is 0.000340. The van der Waals surface area contributed by atoms with E-state index in [0.717, 1.165) is 5.75 Å². The molecule has 0 spiro atoms. The average Bonchev–Trinajstić information content (AvgIpc) is 2.79. The van der Waals surface area contributed by atoms with Crippen LogP contribution in [0.5, 0.6) is 0 Å². The highest BCUT2D eigenvalue weighted by atomic mass is 32.2. The van der Waals surface area contributed by atoms with E-state index in [4.69, 9.17) is 14.2 Å².